The molecule has 0 saturated carbocycles. The van der Waals surface area contributed by atoms with E-state index in [2.05, 4.69) is 26.1 Å². The topological polar surface area (TPSA) is 66.4 Å². The van der Waals surface area contributed by atoms with E-state index < -0.39 is 5.97 Å². The van der Waals surface area contributed by atoms with Crippen LogP contribution in [0.1, 0.15) is 62.9 Å². The van der Waals surface area contributed by atoms with Crippen LogP contribution in [0.5, 0.6) is 0 Å². The molecule has 0 aliphatic carbocycles. The van der Waals surface area contributed by atoms with Crippen LogP contribution in [0.25, 0.3) is 0 Å². The Morgan fingerprint density at radius 3 is 2.38 bits per heavy atom. The zero-order valence-electron chi connectivity index (χ0n) is 13.3. The van der Waals surface area contributed by atoms with E-state index in [-0.39, 0.29) is 23.8 Å². The monoisotopic (exact) mass is 291 g/mol. The van der Waals surface area contributed by atoms with E-state index >= 15 is 0 Å². The van der Waals surface area contributed by atoms with Gasteiger partial charge in [0, 0.05) is 11.6 Å². The number of rotatable bonds is 6. The maximum Gasteiger partial charge on any atom is 0.305 e. The van der Waals surface area contributed by atoms with Gasteiger partial charge in [0.1, 0.15) is 0 Å². The molecular formula is C17H25NO3. The van der Waals surface area contributed by atoms with Crippen molar-refractivity contribution in [3.05, 3.63) is 35.4 Å². The van der Waals surface area contributed by atoms with Crippen LogP contribution >= 0.6 is 0 Å². The van der Waals surface area contributed by atoms with Gasteiger partial charge in [-0.05, 0) is 23.5 Å². The molecule has 4 heteroatoms. The lowest BCUT2D eigenvalue weighted by Crippen LogP contribution is -2.37. The van der Waals surface area contributed by atoms with Gasteiger partial charge in [0.15, 0.2) is 0 Å². The Hall–Kier alpha value is -1.84. The Balaban J connectivity index is 2.95. The first-order valence-corrected chi connectivity index (χ1v) is 7.38. The summed E-state index contributed by atoms with van der Waals surface area (Å²) in [4.78, 5) is 23.4. The van der Waals surface area contributed by atoms with E-state index in [1.54, 1.807) is 6.07 Å². The van der Waals surface area contributed by atoms with Crippen LogP contribution in [0, 0.1) is 0 Å². The van der Waals surface area contributed by atoms with Gasteiger partial charge in [-0.1, -0.05) is 52.3 Å². The van der Waals surface area contributed by atoms with E-state index in [0.29, 0.717) is 12.0 Å². The highest BCUT2D eigenvalue weighted by molar-refractivity contribution is 5.96. The molecule has 1 aromatic carbocycles. The van der Waals surface area contributed by atoms with Crippen LogP contribution in [0.2, 0.25) is 0 Å². The molecular weight excluding hydrogens is 266 g/mol. The molecule has 0 saturated heterocycles. The van der Waals surface area contributed by atoms with Gasteiger partial charge in [-0.15, -0.1) is 0 Å². The van der Waals surface area contributed by atoms with Gasteiger partial charge in [-0.2, -0.15) is 0 Å². The van der Waals surface area contributed by atoms with Gasteiger partial charge >= 0.3 is 5.97 Å². The molecule has 2 N–H and O–H groups in total. The number of carbonyl (C=O) groups excluding carboxylic acids is 1. The molecule has 0 fully saturated rings. The molecule has 0 spiro atoms. The number of hydrogen-bond acceptors (Lipinski definition) is 2. The maximum absolute atomic E-state index is 12.5. The smallest absolute Gasteiger partial charge is 0.305 e. The first kappa shape index (κ1) is 17.2. The largest absolute Gasteiger partial charge is 0.481 e. The standard InChI is InChI=1S/C17H25NO3/c1-5-8-12(11-15(19)20)18-16(21)13-9-6-7-10-14(13)17(2,3)4/h6-7,9-10,12H,5,8,11H2,1-4H3,(H,18,21)(H,19,20). The average molecular weight is 291 g/mol. The fourth-order valence-corrected chi connectivity index (χ4v) is 2.38. The molecule has 0 radical (unpaired) electrons. The molecule has 1 atom stereocenters. The summed E-state index contributed by atoms with van der Waals surface area (Å²) in [7, 11) is 0. The first-order chi connectivity index (χ1) is 9.75. The van der Waals surface area contributed by atoms with Crippen LogP contribution in [-0.4, -0.2) is 23.0 Å². The Bertz CT molecular complexity index is 503. The Morgan fingerprint density at radius 2 is 1.86 bits per heavy atom. The number of carboxylic acids is 1. The van der Waals surface area contributed by atoms with Crippen molar-refractivity contribution < 1.29 is 14.7 Å². The molecule has 1 unspecified atom stereocenters. The number of nitrogens with one attached hydrogen (secondary N) is 1. The van der Waals surface area contributed by atoms with E-state index in [1.807, 2.05) is 25.1 Å². The quantitative estimate of drug-likeness (QED) is 0.844. The molecule has 0 bridgehead atoms. The van der Waals surface area contributed by atoms with E-state index in [4.69, 9.17) is 5.11 Å². The van der Waals surface area contributed by atoms with Crippen LogP contribution in [-0.2, 0) is 10.2 Å². The second-order valence-corrected chi connectivity index (χ2v) is 6.35. The SMILES string of the molecule is CCCC(CC(=O)O)NC(=O)c1ccccc1C(C)(C)C. The third kappa shape index (κ3) is 5.21. The highest BCUT2D eigenvalue weighted by Crippen LogP contribution is 2.25. The first-order valence-electron chi connectivity index (χ1n) is 7.38. The lowest BCUT2D eigenvalue weighted by atomic mass is 9.83. The van der Waals surface area contributed by atoms with Crippen LogP contribution in [0.4, 0.5) is 0 Å². The average Bonchev–Trinajstić information content (AvgIpc) is 2.37. The zero-order chi connectivity index (χ0) is 16.0. The summed E-state index contributed by atoms with van der Waals surface area (Å²) in [5.74, 6) is -1.09. The molecule has 1 aromatic rings. The van der Waals surface area contributed by atoms with Gasteiger partial charge in [0.25, 0.3) is 5.91 Å². The van der Waals surface area contributed by atoms with E-state index in [0.717, 1.165) is 12.0 Å². The van der Waals surface area contributed by atoms with Crippen molar-refractivity contribution in [2.75, 3.05) is 0 Å². The third-order valence-electron chi connectivity index (χ3n) is 3.37. The van der Waals surface area contributed by atoms with E-state index in [9.17, 15) is 9.59 Å². The van der Waals surface area contributed by atoms with Crippen molar-refractivity contribution in [2.24, 2.45) is 0 Å². The molecule has 21 heavy (non-hydrogen) atoms. The third-order valence-corrected chi connectivity index (χ3v) is 3.37. The lowest BCUT2D eigenvalue weighted by Gasteiger charge is -2.24. The predicted octanol–water partition coefficient (Wildman–Crippen LogP) is 3.36. The number of benzene rings is 1. The minimum absolute atomic E-state index is 0.0444. The normalized spacial score (nSPS) is 12.8. The summed E-state index contributed by atoms with van der Waals surface area (Å²) < 4.78 is 0. The summed E-state index contributed by atoms with van der Waals surface area (Å²) in [6.45, 7) is 8.14. The van der Waals surface area contributed by atoms with Crippen molar-refractivity contribution in [1.82, 2.24) is 5.32 Å². The highest BCUT2D eigenvalue weighted by atomic mass is 16.4. The number of amides is 1. The molecule has 4 nitrogen and oxygen atoms in total. The molecule has 0 aliphatic rings. The van der Waals surface area contributed by atoms with Crippen molar-refractivity contribution in [3.8, 4) is 0 Å². The molecule has 1 amide bonds. The van der Waals surface area contributed by atoms with Gasteiger partial charge in [0.2, 0.25) is 0 Å². The fourth-order valence-electron chi connectivity index (χ4n) is 2.38. The van der Waals surface area contributed by atoms with Crippen molar-refractivity contribution in [1.29, 1.82) is 0 Å². The zero-order valence-corrected chi connectivity index (χ0v) is 13.3. The molecule has 0 aliphatic heterocycles. The highest BCUT2D eigenvalue weighted by Gasteiger charge is 2.23. The van der Waals surface area contributed by atoms with Gasteiger partial charge in [-0.3, -0.25) is 9.59 Å². The van der Waals surface area contributed by atoms with Crippen molar-refractivity contribution >= 4 is 11.9 Å². The summed E-state index contributed by atoms with van der Waals surface area (Å²) in [5, 5.41) is 11.8. The second-order valence-electron chi connectivity index (χ2n) is 6.35. The number of aliphatic carboxylic acids is 1. The summed E-state index contributed by atoms with van der Waals surface area (Å²) in [6.07, 6.45) is 1.45. The summed E-state index contributed by atoms with van der Waals surface area (Å²) in [6, 6.07) is 7.16. The predicted molar refractivity (Wildman–Crippen MR) is 83.6 cm³/mol. The summed E-state index contributed by atoms with van der Waals surface area (Å²) in [5.41, 5.74) is 1.45. The number of carbonyl (C=O) groups is 2. The number of carboxylic acid groups (broad SMARTS) is 1. The van der Waals surface area contributed by atoms with Gasteiger partial charge < -0.3 is 10.4 Å². The fraction of sp³-hybridized carbons (Fsp3) is 0.529. The van der Waals surface area contributed by atoms with Gasteiger partial charge in [0.05, 0.1) is 6.42 Å². The van der Waals surface area contributed by atoms with Crippen LogP contribution < -0.4 is 5.32 Å². The van der Waals surface area contributed by atoms with Crippen LogP contribution in [0.3, 0.4) is 0 Å². The Kier molecular flexibility index (Phi) is 5.94. The maximum atomic E-state index is 12.5. The molecule has 0 heterocycles. The van der Waals surface area contributed by atoms with E-state index in [1.165, 1.54) is 0 Å². The lowest BCUT2D eigenvalue weighted by molar-refractivity contribution is -0.137. The minimum Gasteiger partial charge on any atom is -0.481 e. The van der Waals surface area contributed by atoms with Crippen molar-refractivity contribution in [3.63, 3.8) is 0 Å². The Morgan fingerprint density at radius 1 is 1.24 bits per heavy atom. The minimum atomic E-state index is -0.891. The second kappa shape index (κ2) is 7.25. The summed E-state index contributed by atoms with van der Waals surface area (Å²) >= 11 is 0. The van der Waals surface area contributed by atoms with Crippen LogP contribution in [0.15, 0.2) is 24.3 Å². The van der Waals surface area contributed by atoms with Gasteiger partial charge in [-0.25, -0.2) is 0 Å². The molecule has 116 valence electrons. The molecule has 0 aromatic heterocycles. The number of hydrogen-bond donors (Lipinski definition) is 2. The molecule has 1 rings (SSSR count). The van der Waals surface area contributed by atoms with Crippen molar-refractivity contribution in [2.45, 2.75) is 58.4 Å². The Labute approximate surface area is 126 Å².